The van der Waals surface area contributed by atoms with Gasteiger partial charge in [-0.1, -0.05) is 111 Å². The van der Waals surface area contributed by atoms with Gasteiger partial charge in [0.05, 0.1) is 12.1 Å². The summed E-state index contributed by atoms with van der Waals surface area (Å²) in [6, 6.07) is 22.6. The highest BCUT2D eigenvalue weighted by Gasteiger charge is 2.68. The van der Waals surface area contributed by atoms with E-state index in [0.717, 1.165) is 16.0 Å². The third-order valence-corrected chi connectivity index (χ3v) is 8.15. The molecule has 0 bridgehead atoms. The number of amides is 2. The molecule has 206 valence electrons. The van der Waals surface area contributed by atoms with E-state index in [1.807, 2.05) is 93.3 Å². The molecule has 4 atom stereocenters. The van der Waals surface area contributed by atoms with Gasteiger partial charge in [0.25, 0.3) is 5.91 Å². The average molecular weight is 570 g/mol. The Labute approximate surface area is 239 Å². The lowest BCUT2D eigenvalue weighted by Crippen LogP contribution is -2.62. The molecule has 8 heteroatoms. The van der Waals surface area contributed by atoms with E-state index in [1.165, 1.54) is 0 Å². The Morgan fingerprint density at radius 3 is 2.00 bits per heavy atom. The zero-order valence-corrected chi connectivity index (χ0v) is 24.0. The molecule has 0 aromatic heterocycles. The fourth-order valence-electron chi connectivity index (χ4n) is 5.89. The van der Waals surface area contributed by atoms with Crippen molar-refractivity contribution in [3.63, 3.8) is 0 Å². The normalized spacial score (nSPS) is 21.7. The van der Waals surface area contributed by atoms with Crippen molar-refractivity contribution in [1.29, 1.82) is 0 Å². The van der Waals surface area contributed by atoms with Crippen LogP contribution in [0.3, 0.4) is 0 Å². The van der Waals surface area contributed by atoms with Crippen LogP contribution in [0.5, 0.6) is 0 Å². The molecule has 0 aliphatic carbocycles. The van der Waals surface area contributed by atoms with Gasteiger partial charge < -0.3 is 10.2 Å². The molecule has 4 rings (SSSR count). The van der Waals surface area contributed by atoms with Crippen molar-refractivity contribution in [2.75, 3.05) is 0 Å². The number of aryl methyl sites for hydroxylation is 1. The number of imide groups is 1. The zero-order valence-electron chi connectivity index (χ0n) is 22.5. The minimum absolute atomic E-state index is 0.150. The third kappa shape index (κ3) is 5.19. The maximum atomic E-state index is 14.2. The Morgan fingerprint density at radius 2 is 1.49 bits per heavy atom. The van der Waals surface area contributed by atoms with E-state index in [1.54, 1.807) is 18.2 Å². The highest BCUT2D eigenvalue weighted by Crippen LogP contribution is 2.55. The van der Waals surface area contributed by atoms with Crippen LogP contribution in [-0.4, -0.2) is 44.2 Å². The molecule has 1 heterocycles. The number of carbonyl (C=O) groups is 2. The van der Waals surface area contributed by atoms with Crippen LogP contribution < -0.4 is 0 Å². The van der Waals surface area contributed by atoms with E-state index >= 15 is 0 Å². The van der Waals surface area contributed by atoms with Gasteiger partial charge in [-0.05, 0) is 48.4 Å². The quantitative estimate of drug-likeness (QED) is 0.316. The van der Waals surface area contributed by atoms with Crippen molar-refractivity contribution in [3.05, 3.63) is 106 Å². The SMILES string of the molecule is CC(c1ccccc1)N1[C@@H](C(C)(C)C)C(=O)N(C(=O)O)[C@]1(c1c(Cl)cccc1Cl)[C@@H](O)CCc1ccccc1. The van der Waals surface area contributed by atoms with Gasteiger partial charge in [-0.25, -0.2) is 9.69 Å². The number of halogens is 2. The van der Waals surface area contributed by atoms with Crippen molar-refractivity contribution in [3.8, 4) is 0 Å². The van der Waals surface area contributed by atoms with Crippen molar-refractivity contribution >= 4 is 35.2 Å². The monoisotopic (exact) mass is 568 g/mol. The van der Waals surface area contributed by atoms with Gasteiger partial charge in [0.2, 0.25) is 0 Å². The van der Waals surface area contributed by atoms with Crippen LogP contribution in [0.25, 0.3) is 0 Å². The topological polar surface area (TPSA) is 81.1 Å². The highest BCUT2D eigenvalue weighted by atomic mass is 35.5. The summed E-state index contributed by atoms with van der Waals surface area (Å²) in [4.78, 5) is 29.9. The highest BCUT2D eigenvalue weighted by molar-refractivity contribution is 6.36. The second-order valence-electron chi connectivity index (χ2n) is 11.1. The Kier molecular flexibility index (Phi) is 8.43. The van der Waals surface area contributed by atoms with E-state index in [2.05, 4.69) is 0 Å². The number of aliphatic hydroxyl groups excluding tert-OH is 1. The van der Waals surface area contributed by atoms with Crippen LogP contribution in [0.15, 0.2) is 78.9 Å². The van der Waals surface area contributed by atoms with Crippen molar-refractivity contribution in [2.45, 2.75) is 64.4 Å². The lowest BCUT2D eigenvalue weighted by Gasteiger charge is -2.50. The molecular weight excluding hydrogens is 535 g/mol. The van der Waals surface area contributed by atoms with Crippen molar-refractivity contribution in [2.24, 2.45) is 5.41 Å². The summed E-state index contributed by atoms with van der Waals surface area (Å²) in [7, 11) is 0. The predicted molar refractivity (Wildman–Crippen MR) is 154 cm³/mol. The average Bonchev–Trinajstić information content (AvgIpc) is 3.18. The van der Waals surface area contributed by atoms with Crippen LogP contribution in [0, 0.1) is 5.41 Å². The van der Waals surface area contributed by atoms with E-state index < -0.39 is 41.3 Å². The number of nitrogens with zero attached hydrogens (tertiary/aromatic N) is 2. The fraction of sp³-hybridized carbons (Fsp3) is 0.355. The largest absolute Gasteiger partial charge is 0.465 e. The molecule has 1 aliphatic heterocycles. The lowest BCUT2D eigenvalue weighted by molar-refractivity contribution is -0.137. The minimum Gasteiger partial charge on any atom is -0.465 e. The first-order valence-corrected chi connectivity index (χ1v) is 13.7. The first-order chi connectivity index (χ1) is 18.4. The molecule has 3 aromatic carbocycles. The molecule has 3 aromatic rings. The first kappa shape index (κ1) is 29.1. The minimum atomic E-state index is -1.90. The number of hydrogen-bond acceptors (Lipinski definition) is 4. The number of carboxylic acid groups (broad SMARTS) is 1. The van der Waals surface area contributed by atoms with Crippen LogP contribution in [0.2, 0.25) is 10.0 Å². The molecule has 1 unspecified atom stereocenters. The van der Waals surface area contributed by atoms with Crippen molar-refractivity contribution < 1.29 is 19.8 Å². The summed E-state index contributed by atoms with van der Waals surface area (Å²) in [5.74, 6) is -0.632. The molecular formula is C31H34Cl2N2O4. The molecule has 39 heavy (non-hydrogen) atoms. The maximum Gasteiger partial charge on any atom is 0.416 e. The number of carbonyl (C=O) groups excluding carboxylic acids is 1. The van der Waals surface area contributed by atoms with Crippen molar-refractivity contribution in [1.82, 2.24) is 9.80 Å². The standard InChI is InChI=1S/C31H34Cl2N2O4/c1-20(22-14-9-6-10-15-22)34-27(30(2,3)4)28(37)35(29(38)39)31(34,26-23(32)16-11-17-24(26)33)25(36)19-18-21-12-7-5-8-13-21/h5-17,20,25,27,36H,18-19H2,1-4H3,(H,38,39)/t20?,25-,27+,31-/m0/s1. The summed E-state index contributed by atoms with van der Waals surface area (Å²) in [5, 5.41) is 23.2. The molecule has 1 aliphatic rings. The van der Waals surface area contributed by atoms with Gasteiger partial charge in [-0.15, -0.1) is 0 Å². The summed E-state index contributed by atoms with van der Waals surface area (Å²) in [5.41, 5.74) is -0.588. The second-order valence-corrected chi connectivity index (χ2v) is 11.9. The number of benzene rings is 3. The number of hydrogen-bond donors (Lipinski definition) is 2. The summed E-state index contributed by atoms with van der Waals surface area (Å²) in [6.45, 7) is 7.58. The summed E-state index contributed by atoms with van der Waals surface area (Å²) >= 11 is 13.6. The smallest absolute Gasteiger partial charge is 0.416 e. The Morgan fingerprint density at radius 1 is 0.949 bits per heavy atom. The van der Waals surface area contributed by atoms with Crippen LogP contribution in [0.1, 0.15) is 56.8 Å². The Bertz CT molecular complexity index is 1310. The van der Waals surface area contributed by atoms with Gasteiger partial charge in [-0.2, -0.15) is 0 Å². The Balaban J connectivity index is 2.05. The molecule has 2 amide bonds. The summed E-state index contributed by atoms with van der Waals surface area (Å²) < 4.78 is 0. The van der Waals surface area contributed by atoms with Crippen LogP contribution in [-0.2, 0) is 16.9 Å². The van der Waals surface area contributed by atoms with E-state index in [9.17, 15) is 19.8 Å². The number of aliphatic hydroxyl groups is 1. The molecule has 0 spiro atoms. The first-order valence-electron chi connectivity index (χ1n) is 13.0. The second kappa shape index (κ2) is 11.3. The van der Waals surface area contributed by atoms with E-state index in [4.69, 9.17) is 23.2 Å². The molecule has 1 saturated heterocycles. The van der Waals surface area contributed by atoms with Gasteiger partial charge in [0.1, 0.15) is 0 Å². The molecule has 6 nitrogen and oxygen atoms in total. The van der Waals surface area contributed by atoms with Gasteiger partial charge in [-0.3, -0.25) is 9.69 Å². The Hall–Kier alpha value is -2.90. The van der Waals surface area contributed by atoms with Gasteiger partial charge in [0.15, 0.2) is 5.66 Å². The van der Waals surface area contributed by atoms with Gasteiger partial charge in [0, 0.05) is 21.7 Å². The third-order valence-electron chi connectivity index (χ3n) is 7.52. The zero-order chi connectivity index (χ0) is 28.5. The van der Waals surface area contributed by atoms with Crippen LogP contribution >= 0.6 is 23.2 Å². The molecule has 0 radical (unpaired) electrons. The predicted octanol–water partition coefficient (Wildman–Crippen LogP) is 7.14. The van der Waals surface area contributed by atoms with E-state index in [-0.39, 0.29) is 22.0 Å². The van der Waals surface area contributed by atoms with Crippen LogP contribution in [0.4, 0.5) is 4.79 Å². The molecule has 1 fully saturated rings. The van der Waals surface area contributed by atoms with E-state index in [0.29, 0.717) is 6.42 Å². The summed E-state index contributed by atoms with van der Waals surface area (Å²) in [6.07, 6.45) is -2.25. The van der Waals surface area contributed by atoms with Gasteiger partial charge >= 0.3 is 6.09 Å². The number of rotatable bonds is 7. The molecule has 0 saturated carbocycles. The molecule has 2 N–H and O–H groups in total. The fourth-order valence-corrected chi connectivity index (χ4v) is 6.56. The lowest BCUT2D eigenvalue weighted by atomic mass is 9.81. The maximum absolute atomic E-state index is 14.2.